The van der Waals surface area contributed by atoms with Crippen molar-refractivity contribution in [3.8, 4) is 11.5 Å². The molecule has 0 aromatic heterocycles. The molecule has 1 atom stereocenters. The normalized spacial score (nSPS) is 16.0. The van der Waals surface area contributed by atoms with Crippen LogP contribution in [0.1, 0.15) is 19.8 Å². The Morgan fingerprint density at radius 2 is 2.00 bits per heavy atom. The van der Waals surface area contributed by atoms with Crippen LogP contribution in [0, 0.1) is 0 Å². The van der Waals surface area contributed by atoms with Crippen molar-refractivity contribution < 1.29 is 27.8 Å². The second kappa shape index (κ2) is 6.31. The van der Waals surface area contributed by atoms with E-state index in [0.717, 1.165) is 0 Å². The predicted octanol–water partition coefficient (Wildman–Crippen LogP) is 0.989. The Morgan fingerprint density at radius 1 is 1.33 bits per heavy atom. The number of hydrogen-bond acceptors (Lipinski definition) is 5. The van der Waals surface area contributed by atoms with Crippen LogP contribution >= 0.6 is 0 Å². The number of carboxylic acid groups (broad SMARTS) is 1. The Balaban J connectivity index is 2.28. The van der Waals surface area contributed by atoms with Gasteiger partial charge in [0, 0.05) is 12.5 Å². The number of sulfonamides is 1. The minimum absolute atomic E-state index is 0.0496. The van der Waals surface area contributed by atoms with Crippen molar-refractivity contribution in [1.82, 2.24) is 4.72 Å². The van der Waals surface area contributed by atoms with Gasteiger partial charge in [0.05, 0.1) is 18.1 Å². The lowest BCUT2D eigenvalue weighted by Crippen LogP contribution is -2.40. The fourth-order valence-corrected chi connectivity index (χ4v) is 3.16. The van der Waals surface area contributed by atoms with Gasteiger partial charge in [0.1, 0.15) is 6.04 Å². The number of benzene rings is 1. The van der Waals surface area contributed by atoms with E-state index in [1.807, 2.05) is 0 Å². The van der Waals surface area contributed by atoms with Crippen LogP contribution < -0.4 is 14.2 Å². The first kappa shape index (κ1) is 15.6. The molecular formula is C13H17NO6S. The molecule has 0 unspecified atom stereocenters. The molecule has 8 heteroatoms. The molecule has 0 bridgehead atoms. The molecule has 0 aliphatic carbocycles. The Bertz CT molecular complexity index is 628. The van der Waals surface area contributed by atoms with Gasteiger partial charge in [-0.3, -0.25) is 4.79 Å². The zero-order valence-corrected chi connectivity index (χ0v) is 12.4. The van der Waals surface area contributed by atoms with Crippen molar-refractivity contribution in [2.45, 2.75) is 30.7 Å². The van der Waals surface area contributed by atoms with Gasteiger partial charge in [0.15, 0.2) is 11.5 Å². The van der Waals surface area contributed by atoms with Gasteiger partial charge >= 0.3 is 5.97 Å². The maximum atomic E-state index is 12.2. The lowest BCUT2D eigenvalue weighted by molar-refractivity contribution is -0.139. The summed E-state index contributed by atoms with van der Waals surface area (Å²) < 4.78 is 37.4. The van der Waals surface area contributed by atoms with Gasteiger partial charge in [-0.25, -0.2) is 8.42 Å². The van der Waals surface area contributed by atoms with Crippen molar-refractivity contribution in [1.29, 1.82) is 0 Å². The number of nitrogens with one attached hydrogen (secondary N) is 1. The molecule has 1 aromatic rings. The fourth-order valence-electron chi connectivity index (χ4n) is 1.87. The van der Waals surface area contributed by atoms with Crippen LogP contribution in [0.2, 0.25) is 0 Å². The molecule has 2 rings (SSSR count). The molecular weight excluding hydrogens is 298 g/mol. The summed E-state index contributed by atoms with van der Waals surface area (Å²) >= 11 is 0. The molecule has 21 heavy (non-hydrogen) atoms. The van der Waals surface area contributed by atoms with Gasteiger partial charge in [-0.1, -0.05) is 6.92 Å². The van der Waals surface area contributed by atoms with Crippen LogP contribution in [0.4, 0.5) is 0 Å². The summed E-state index contributed by atoms with van der Waals surface area (Å²) in [5, 5.41) is 8.94. The van der Waals surface area contributed by atoms with Crippen LogP contribution in [0.5, 0.6) is 11.5 Å². The van der Waals surface area contributed by atoms with E-state index in [2.05, 4.69) is 4.72 Å². The largest absolute Gasteiger partial charge is 0.490 e. The molecule has 7 nitrogen and oxygen atoms in total. The average Bonchev–Trinajstić information content (AvgIpc) is 2.68. The van der Waals surface area contributed by atoms with E-state index in [-0.39, 0.29) is 11.3 Å². The minimum Gasteiger partial charge on any atom is -0.490 e. The van der Waals surface area contributed by atoms with Gasteiger partial charge in [0.2, 0.25) is 10.0 Å². The Kier molecular flexibility index (Phi) is 4.69. The molecule has 2 N–H and O–H groups in total. The van der Waals surface area contributed by atoms with Gasteiger partial charge < -0.3 is 14.6 Å². The lowest BCUT2D eigenvalue weighted by Gasteiger charge is -2.14. The molecule has 0 spiro atoms. The minimum atomic E-state index is -3.93. The molecule has 1 heterocycles. The number of hydrogen-bond donors (Lipinski definition) is 2. The zero-order valence-electron chi connectivity index (χ0n) is 11.5. The van der Waals surface area contributed by atoms with Crippen molar-refractivity contribution in [3.63, 3.8) is 0 Å². The van der Waals surface area contributed by atoms with E-state index in [4.69, 9.17) is 14.6 Å². The maximum Gasteiger partial charge on any atom is 0.321 e. The number of carboxylic acids is 1. The van der Waals surface area contributed by atoms with Crippen molar-refractivity contribution >= 4 is 16.0 Å². The molecule has 1 aromatic carbocycles. The Labute approximate surface area is 122 Å². The molecule has 0 saturated carbocycles. The summed E-state index contributed by atoms with van der Waals surface area (Å²) in [4.78, 5) is 10.9. The van der Waals surface area contributed by atoms with E-state index in [1.54, 1.807) is 6.92 Å². The SMILES string of the molecule is CC[C@H](NS(=O)(=O)c1ccc2c(c1)OCCCO2)C(=O)O. The maximum absolute atomic E-state index is 12.2. The molecule has 1 aliphatic rings. The molecule has 0 fully saturated rings. The topological polar surface area (TPSA) is 102 Å². The number of fused-ring (bicyclic) bond motifs is 1. The molecule has 0 saturated heterocycles. The van der Waals surface area contributed by atoms with E-state index in [0.29, 0.717) is 31.1 Å². The molecule has 116 valence electrons. The van der Waals surface area contributed by atoms with Crippen molar-refractivity contribution in [2.24, 2.45) is 0 Å². The first-order chi connectivity index (χ1) is 9.94. The second-order valence-electron chi connectivity index (χ2n) is 4.58. The van der Waals surface area contributed by atoms with Gasteiger partial charge in [-0.2, -0.15) is 4.72 Å². The summed E-state index contributed by atoms with van der Waals surface area (Å²) in [5.41, 5.74) is 0. The highest BCUT2D eigenvalue weighted by atomic mass is 32.2. The first-order valence-electron chi connectivity index (χ1n) is 6.59. The monoisotopic (exact) mass is 315 g/mol. The molecule has 1 aliphatic heterocycles. The number of ether oxygens (including phenoxy) is 2. The quantitative estimate of drug-likeness (QED) is 0.840. The van der Waals surface area contributed by atoms with Gasteiger partial charge in [-0.15, -0.1) is 0 Å². The van der Waals surface area contributed by atoms with Crippen molar-refractivity contribution in [3.05, 3.63) is 18.2 Å². The van der Waals surface area contributed by atoms with Crippen molar-refractivity contribution in [2.75, 3.05) is 13.2 Å². The standard InChI is InChI=1S/C13H17NO6S/c1-2-10(13(15)16)14-21(17,18)9-4-5-11-12(8-9)20-7-3-6-19-11/h4-5,8,10,14H,2-3,6-7H2,1H3,(H,15,16)/t10-/m0/s1. The molecule has 0 radical (unpaired) electrons. The highest BCUT2D eigenvalue weighted by Crippen LogP contribution is 2.31. The van der Waals surface area contributed by atoms with E-state index >= 15 is 0 Å². The highest BCUT2D eigenvalue weighted by molar-refractivity contribution is 7.89. The third-order valence-electron chi connectivity index (χ3n) is 3.03. The van der Waals surface area contributed by atoms with E-state index in [1.165, 1.54) is 18.2 Å². The Morgan fingerprint density at radius 3 is 2.62 bits per heavy atom. The van der Waals surface area contributed by atoms with E-state index in [9.17, 15) is 13.2 Å². The number of carbonyl (C=O) groups is 1. The van der Waals surface area contributed by atoms with Crippen LogP contribution in [0.3, 0.4) is 0 Å². The summed E-state index contributed by atoms with van der Waals surface area (Å²) in [6.45, 7) is 2.54. The van der Waals surface area contributed by atoms with E-state index < -0.39 is 22.0 Å². The summed E-state index contributed by atoms with van der Waals surface area (Å²) in [6, 6.07) is 3.06. The van der Waals surface area contributed by atoms with Gasteiger partial charge in [-0.05, 0) is 18.6 Å². The number of rotatable bonds is 5. The van der Waals surface area contributed by atoms with Gasteiger partial charge in [0.25, 0.3) is 0 Å². The third kappa shape index (κ3) is 3.64. The summed E-state index contributed by atoms with van der Waals surface area (Å²) in [6.07, 6.45) is 0.866. The predicted molar refractivity (Wildman–Crippen MR) is 74.1 cm³/mol. The lowest BCUT2D eigenvalue weighted by atomic mass is 10.2. The average molecular weight is 315 g/mol. The van der Waals surface area contributed by atoms with Crippen LogP contribution in [0.15, 0.2) is 23.1 Å². The second-order valence-corrected chi connectivity index (χ2v) is 6.29. The zero-order chi connectivity index (χ0) is 15.5. The smallest absolute Gasteiger partial charge is 0.321 e. The first-order valence-corrected chi connectivity index (χ1v) is 8.07. The fraction of sp³-hybridized carbons (Fsp3) is 0.462. The van der Waals surface area contributed by atoms with Crippen LogP contribution in [-0.4, -0.2) is 38.7 Å². The Hall–Kier alpha value is -1.80. The summed E-state index contributed by atoms with van der Waals surface area (Å²) in [5.74, 6) is -0.383. The summed E-state index contributed by atoms with van der Waals surface area (Å²) in [7, 11) is -3.93. The third-order valence-corrected chi connectivity index (χ3v) is 4.50. The van der Waals surface area contributed by atoms with Crippen LogP contribution in [0.25, 0.3) is 0 Å². The number of aliphatic carboxylic acids is 1. The van der Waals surface area contributed by atoms with Crippen LogP contribution in [-0.2, 0) is 14.8 Å². The molecule has 0 amide bonds. The highest BCUT2D eigenvalue weighted by Gasteiger charge is 2.25.